The van der Waals surface area contributed by atoms with Crippen molar-refractivity contribution in [3.63, 3.8) is 0 Å². The molecule has 21 heavy (non-hydrogen) atoms. The minimum absolute atomic E-state index is 0.164. The molecular formula is C14H21N7. The van der Waals surface area contributed by atoms with Crippen LogP contribution >= 0.6 is 0 Å². The van der Waals surface area contributed by atoms with Crippen LogP contribution < -0.4 is 16.6 Å². The molecule has 0 aliphatic heterocycles. The predicted molar refractivity (Wildman–Crippen MR) is 82.6 cm³/mol. The molecule has 0 aliphatic rings. The number of hydrazine groups is 1. The zero-order valence-corrected chi connectivity index (χ0v) is 12.8. The van der Waals surface area contributed by atoms with Crippen molar-refractivity contribution in [3.05, 3.63) is 35.4 Å². The Hall–Kier alpha value is -2.28. The van der Waals surface area contributed by atoms with Gasteiger partial charge in [0.25, 0.3) is 0 Å². The smallest absolute Gasteiger partial charge is 0.148 e. The van der Waals surface area contributed by atoms with Crippen LogP contribution in [0.5, 0.6) is 0 Å². The molecule has 0 unspecified atom stereocenters. The van der Waals surface area contributed by atoms with Gasteiger partial charge in [0.15, 0.2) is 0 Å². The van der Waals surface area contributed by atoms with Crippen LogP contribution in [0.25, 0.3) is 0 Å². The Morgan fingerprint density at radius 1 is 1.19 bits per heavy atom. The molecule has 2 aromatic heterocycles. The number of nitrogens with one attached hydrogen (secondary N) is 2. The quantitative estimate of drug-likeness (QED) is 0.582. The fourth-order valence-corrected chi connectivity index (χ4v) is 1.77. The lowest BCUT2D eigenvalue weighted by Crippen LogP contribution is -2.21. The third-order valence-electron chi connectivity index (χ3n) is 3.02. The van der Waals surface area contributed by atoms with E-state index in [1.807, 2.05) is 19.1 Å². The monoisotopic (exact) mass is 287 g/mol. The maximum atomic E-state index is 5.55. The summed E-state index contributed by atoms with van der Waals surface area (Å²) in [7, 11) is 0. The summed E-state index contributed by atoms with van der Waals surface area (Å²) in [5, 5.41) is 11.2. The van der Waals surface area contributed by atoms with Crippen molar-refractivity contribution in [2.45, 2.75) is 39.7 Å². The van der Waals surface area contributed by atoms with E-state index in [1.54, 1.807) is 6.20 Å². The van der Waals surface area contributed by atoms with Crippen molar-refractivity contribution in [2.75, 3.05) is 10.7 Å². The van der Waals surface area contributed by atoms with Crippen LogP contribution in [0, 0.1) is 6.92 Å². The zero-order chi connectivity index (χ0) is 15.5. The van der Waals surface area contributed by atoms with E-state index in [4.69, 9.17) is 5.84 Å². The van der Waals surface area contributed by atoms with Crippen LogP contribution in [-0.4, -0.2) is 20.2 Å². The van der Waals surface area contributed by atoms with E-state index >= 15 is 0 Å². The van der Waals surface area contributed by atoms with Gasteiger partial charge in [-0.15, -0.1) is 0 Å². The second-order valence-electron chi connectivity index (χ2n) is 5.83. The summed E-state index contributed by atoms with van der Waals surface area (Å²) in [4.78, 5) is 9.06. The molecule has 7 heteroatoms. The summed E-state index contributed by atoms with van der Waals surface area (Å²) < 4.78 is 0. The van der Waals surface area contributed by atoms with E-state index in [9.17, 15) is 0 Å². The number of nitrogens with two attached hydrogens (primary N) is 1. The molecule has 0 amide bonds. The minimum atomic E-state index is -0.164. The third-order valence-corrected chi connectivity index (χ3v) is 3.02. The second-order valence-corrected chi connectivity index (χ2v) is 5.83. The van der Waals surface area contributed by atoms with Gasteiger partial charge < -0.3 is 10.7 Å². The summed E-state index contributed by atoms with van der Waals surface area (Å²) in [5.41, 5.74) is 4.18. The normalized spacial score (nSPS) is 11.3. The standard InChI is InChI=1S/C14H21N7/c1-9-11(16-8-10-6-5-7-17-21-10)18-13(14(2,3)4)19-12(9)20-15/h5-7H,8,15H2,1-4H3,(H2,16,18,19,20). The first-order valence-corrected chi connectivity index (χ1v) is 6.78. The van der Waals surface area contributed by atoms with Crippen LogP contribution in [0.2, 0.25) is 0 Å². The molecule has 0 fully saturated rings. The Bertz CT molecular complexity index is 605. The lowest BCUT2D eigenvalue weighted by Gasteiger charge is -2.20. The van der Waals surface area contributed by atoms with Gasteiger partial charge in [0, 0.05) is 17.2 Å². The Morgan fingerprint density at radius 2 is 1.90 bits per heavy atom. The average Bonchev–Trinajstić information content (AvgIpc) is 2.46. The van der Waals surface area contributed by atoms with Crippen LogP contribution in [0.4, 0.5) is 11.6 Å². The molecule has 4 N–H and O–H groups in total. The van der Waals surface area contributed by atoms with Crippen LogP contribution in [-0.2, 0) is 12.0 Å². The Labute approximate surface area is 124 Å². The van der Waals surface area contributed by atoms with Crippen LogP contribution in [0.3, 0.4) is 0 Å². The number of anilines is 2. The first-order valence-electron chi connectivity index (χ1n) is 6.78. The first-order chi connectivity index (χ1) is 9.91. The van der Waals surface area contributed by atoms with Crippen molar-refractivity contribution in [1.29, 1.82) is 0 Å². The Morgan fingerprint density at radius 3 is 2.48 bits per heavy atom. The zero-order valence-electron chi connectivity index (χ0n) is 12.8. The van der Waals surface area contributed by atoms with Crippen LogP contribution in [0.1, 0.15) is 37.9 Å². The lowest BCUT2D eigenvalue weighted by atomic mass is 9.95. The van der Waals surface area contributed by atoms with Gasteiger partial charge in [-0.1, -0.05) is 20.8 Å². The molecule has 0 radical (unpaired) electrons. The van der Waals surface area contributed by atoms with E-state index in [-0.39, 0.29) is 5.41 Å². The van der Waals surface area contributed by atoms with Gasteiger partial charge in [-0.25, -0.2) is 15.8 Å². The Balaban J connectivity index is 2.29. The molecule has 2 aromatic rings. The van der Waals surface area contributed by atoms with E-state index in [1.165, 1.54) is 0 Å². The second kappa shape index (κ2) is 6.01. The van der Waals surface area contributed by atoms with Crippen molar-refractivity contribution in [1.82, 2.24) is 20.2 Å². The molecule has 0 saturated carbocycles. The molecule has 0 saturated heterocycles. The predicted octanol–water partition coefficient (Wildman–Crippen LogP) is 1.77. The number of nitrogen functional groups attached to an aromatic ring is 1. The highest BCUT2D eigenvalue weighted by Gasteiger charge is 2.21. The molecule has 0 bridgehead atoms. The first kappa shape index (κ1) is 15.1. The summed E-state index contributed by atoms with van der Waals surface area (Å²) in [5.74, 6) is 7.64. The SMILES string of the molecule is Cc1c(NN)nc(C(C)(C)C)nc1NCc1cccnn1. The summed E-state index contributed by atoms with van der Waals surface area (Å²) >= 11 is 0. The van der Waals surface area contributed by atoms with Crippen molar-refractivity contribution >= 4 is 11.6 Å². The summed E-state index contributed by atoms with van der Waals surface area (Å²) in [6.07, 6.45) is 1.65. The minimum Gasteiger partial charge on any atom is -0.364 e. The molecule has 0 spiro atoms. The molecule has 0 atom stereocenters. The average molecular weight is 287 g/mol. The highest BCUT2D eigenvalue weighted by atomic mass is 15.3. The summed E-state index contributed by atoms with van der Waals surface area (Å²) in [6.45, 7) is 8.64. The molecular weight excluding hydrogens is 266 g/mol. The van der Waals surface area contributed by atoms with Crippen molar-refractivity contribution in [2.24, 2.45) is 5.84 Å². The van der Waals surface area contributed by atoms with Crippen LogP contribution in [0.15, 0.2) is 18.3 Å². The molecule has 7 nitrogen and oxygen atoms in total. The van der Waals surface area contributed by atoms with Gasteiger partial charge in [0.05, 0.1) is 12.2 Å². The third kappa shape index (κ3) is 3.63. The van der Waals surface area contributed by atoms with E-state index in [2.05, 4.69) is 51.7 Å². The highest BCUT2D eigenvalue weighted by Crippen LogP contribution is 2.25. The molecule has 0 aliphatic carbocycles. The molecule has 2 rings (SSSR count). The van der Waals surface area contributed by atoms with Crippen molar-refractivity contribution < 1.29 is 0 Å². The van der Waals surface area contributed by atoms with Gasteiger partial charge in [0.1, 0.15) is 17.5 Å². The highest BCUT2D eigenvalue weighted by molar-refractivity contribution is 5.57. The molecule has 2 heterocycles. The maximum Gasteiger partial charge on any atom is 0.148 e. The number of hydrogen-bond donors (Lipinski definition) is 3. The molecule has 112 valence electrons. The van der Waals surface area contributed by atoms with Gasteiger partial charge >= 0.3 is 0 Å². The van der Waals surface area contributed by atoms with E-state index < -0.39 is 0 Å². The fourth-order valence-electron chi connectivity index (χ4n) is 1.77. The van der Waals surface area contributed by atoms with Gasteiger partial charge in [0.2, 0.25) is 0 Å². The number of rotatable bonds is 4. The van der Waals surface area contributed by atoms with Gasteiger partial charge in [-0.3, -0.25) is 0 Å². The van der Waals surface area contributed by atoms with E-state index in [0.717, 1.165) is 22.9 Å². The van der Waals surface area contributed by atoms with E-state index in [0.29, 0.717) is 12.4 Å². The number of hydrogen-bond acceptors (Lipinski definition) is 7. The van der Waals surface area contributed by atoms with Crippen molar-refractivity contribution in [3.8, 4) is 0 Å². The number of aromatic nitrogens is 4. The lowest BCUT2D eigenvalue weighted by molar-refractivity contribution is 0.546. The largest absolute Gasteiger partial charge is 0.364 e. The number of nitrogens with zero attached hydrogens (tertiary/aromatic N) is 4. The van der Waals surface area contributed by atoms with Gasteiger partial charge in [-0.2, -0.15) is 10.2 Å². The summed E-state index contributed by atoms with van der Waals surface area (Å²) in [6, 6.07) is 3.76. The van der Waals surface area contributed by atoms with Gasteiger partial charge in [-0.05, 0) is 19.1 Å². The topological polar surface area (TPSA) is 102 Å². The Kier molecular flexibility index (Phi) is 4.32. The maximum absolute atomic E-state index is 5.55. The fraction of sp³-hybridized carbons (Fsp3) is 0.429. The molecule has 0 aromatic carbocycles.